The third kappa shape index (κ3) is 4.70. The molecule has 2 rings (SSSR count). The Bertz CT molecular complexity index is 640. The van der Waals surface area contributed by atoms with Gasteiger partial charge in [-0.2, -0.15) is 0 Å². The lowest BCUT2D eigenvalue weighted by Crippen LogP contribution is -2.50. The van der Waals surface area contributed by atoms with Crippen LogP contribution in [0.5, 0.6) is 0 Å². The molecule has 0 spiro atoms. The number of aliphatic hydroxyl groups excluding tert-OH is 1. The van der Waals surface area contributed by atoms with Crippen LogP contribution in [0.15, 0.2) is 53.1 Å². The maximum absolute atomic E-state index is 12.7. The SMILES string of the molecule is CCN(CCO)C(=O)C(Cc1ccccc1)NC(=O)c1ccco1. The van der Waals surface area contributed by atoms with Gasteiger partial charge in [0.1, 0.15) is 6.04 Å². The number of carbonyl (C=O) groups excluding carboxylic acids is 2. The minimum Gasteiger partial charge on any atom is -0.459 e. The van der Waals surface area contributed by atoms with Gasteiger partial charge in [0, 0.05) is 19.5 Å². The topological polar surface area (TPSA) is 82.8 Å². The molecule has 6 nitrogen and oxygen atoms in total. The van der Waals surface area contributed by atoms with Crippen molar-refractivity contribution in [1.82, 2.24) is 10.2 Å². The van der Waals surface area contributed by atoms with Crippen molar-refractivity contribution in [1.29, 1.82) is 0 Å². The Morgan fingerprint density at radius 1 is 1.21 bits per heavy atom. The van der Waals surface area contributed by atoms with E-state index in [1.54, 1.807) is 12.1 Å². The standard InChI is InChI=1S/C18H22N2O4/c1-2-20(10-11-21)18(23)15(13-14-7-4-3-5-8-14)19-17(22)16-9-6-12-24-16/h3-9,12,15,21H,2,10-11,13H2,1H3,(H,19,22). The number of nitrogens with zero attached hydrogens (tertiary/aromatic N) is 1. The number of rotatable bonds is 8. The molecule has 0 radical (unpaired) electrons. The number of hydrogen-bond acceptors (Lipinski definition) is 4. The van der Waals surface area contributed by atoms with Crippen molar-refractivity contribution in [2.75, 3.05) is 19.7 Å². The zero-order chi connectivity index (χ0) is 17.4. The van der Waals surface area contributed by atoms with Crippen LogP contribution in [-0.2, 0) is 11.2 Å². The highest BCUT2D eigenvalue weighted by molar-refractivity contribution is 5.95. The summed E-state index contributed by atoms with van der Waals surface area (Å²) in [5, 5.41) is 11.9. The molecular formula is C18H22N2O4. The van der Waals surface area contributed by atoms with Crippen LogP contribution in [0.25, 0.3) is 0 Å². The van der Waals surface area contributed by atoms with Crippen LogP contribution in [0.3, 0.4) is 0 Å². The summed E-state index contributed by atoms with van der Waals surface area (Å²) in [6, 6.07) is 11.9. The normalized spacial score (nSPS) is 11.8. The van der Waals surface area contributed by atoms with E-state index in [-0.39, 0.29) is 24.8 Å². The molecule has 0 aliphatic heterocycles. The van der Waals surface area contributed by atoms with Gasteiger partial charge >= 0.3 is 0 Å². The number of benzene rings is 1. The van der Waals surface area contributed by atoms with Crippen LogP contribution >= 0.6 is 0 Å². The molecule has 0 saturated carbocycles. The van der Waals surface area contributed by atoms with E-state index in [9.17, 15) is 9.59 Å². The van der Waals surface area contributed by atoms with Gasteiger partial charge in [0.15, 0.2) is 5.76 Å². The van der Waals surface area contributed by atoms with Gasteiger partial charge in [-0.15, -0.1) is 0 Å². The minimum atomic E-state index is -0.725. The van der Waals surface area contributed by atoms with E-state index in [1.165, 1.54) is 11.2 Å². The Hall–Kier alpha value is -2.60. The van der Waals surface area contributed by atoms with Gasteiger partial charge in [0.05, 0.1) is 12.9 Å². The summed E-state index contributed by atoms with van der Waals surface area (Å²) in [5.41, 5.74) is 0.940. The lowest BCUT2D eigenvalue weighted by molar-refractivity contribution is -0.133. The predicted molar refractivity (Wildman–Crippen MR) is 89.4 cm³/mol. The van der Waals surface area contributed by atoms with Crippen molar-refractivity contribution in [3.8, 4) is 0 Å². The van der Waals surface area contributed by atoms with Crippen LogP contribution in [0.2, 0.25) is 0 Å². The quantitative estimate of drug-likeness (QED) is 0.768. The number of aliphatic hydroxyl groups is 1. The molecule has 2 amide bonds. The smallest absolute Gasteiger partial charge is 0.287 e. The van der Waals surface area contributed by atoms with E-state index in [0.29, 0.717) is 13.0 Å². The Kier molecular flexibility index (Phi) is 6.57. The first-order chi connectivity index (χ1) is 11.7. The van der Waals surface area contributed by atoms with E-state index in [0.717, 1.165) is 5.56 Å². The lowest BCUT2D eigenvalue weighted by Gasteiger charge is -2.26. The molecule has 1 heterocycles. The zero-order valence-corrected chi connectivity index (χ0v) is 13.6. The summed E-state index contributed by atoms with van der Waals surface area (Å²) >= 11 is 0. The fourth-order valence-corrected chi connectivity index (χ4v) is 2.45. The van der Waals surface area contributed by atoms with E-state index in [4.69, 9.17) is 9.52 Å². The van der Waals surface area contributed by atoms with Crippen LogP contribution in [0, 0.1) is 0 Å². The summed E-state index contributed by atoms with van der Waals surface area (Å²) < 4.78 is 5.08. The summed E-state index contributed by atoms with van der Waals surface area (Å²) in [6.07, 6.45) is 1.78. The van der Waals surface area contributed by atoms with Gasteiger partial charge in [-0.05, 0) is 24.6 Å². The maximum atomic E-state index is 12.7. The summed E-state index contributed by atoms with van der Waals surface area (Å²) in [6.45, 7) is 2.41. The summed E-state index contributed by atoms with van der Waals surface area (Å²) in [7, 11) is 0. The molecule has 1 atom stereocenters. The highest BCUT2D eigenvalue weighted by Crippen LogP contribution is 2.08. The third-order valence-electron chi connectivity index (χ3n) is 3.69. The average Bonchev–Trinajstić information content (AvgIpc) is 3.14. The van der Waals surface area contributed by atoms with Crippen molar-refractivity contribution in [2.45, 2.75) is 19.4 Å². The highest BCUT2D eigenvalue weighted by atomic mass is 16.3. The predicted octanol–water partition coefficient (Wildman–Crippen LogP) is 1.46. The molecular weight excluding hydrogens is 308 g/mol. The monoisotopic (exact) mass is 330 g/mol. The maximum Gasteiger partial charge on any atom is 0.287 e. The van der Waals surface area contributed by atoms with E-state index in [1.807, 2.05) is 37.3 Å². The second kappa shape index (κ2) is 8.88. The van der Waals surface area contributed by atoms with Gasteiger partial charge in [-0.3, -0.25) is 9.59 Å². The molecule has 0 fully saturated rings. The van der Waals surface area contributed by atoms with Crippen LogP contribution in [0.1, 0.15) is 23.0 Å². The molecule has 2 aromatic rings. The van der Waals surface area contributed by atoms with Gasteiger partial charge in [0.2, 0.25) is 5.91 Å². The Balaban J connectivity index is 2.16. The molecule has 1 aromatic heterocycles. The van der Waals surface area contributed by atoms with Gasteiger partial charge < -0.3 is 19.7 Å². The third-order valence-corrected chi connectivity index (χ3v) is 3.69. The second-order valence-electron chi connectivity index (χ2n) is 5.33. The van der Waals surface area contributed by atoms with Gasteiger partial charge in [-0.25, -0.2) is 0 Å². The molecule has 0 bridgehead atoms. The molecule has 0 aliphatic carbocycles. The first kappa shape index (κ1) is 17.7. The molecule has 1 unspecified atom stereocenters. The average molecular weight is 330 g/mol. The molecule has 2 N–H and O–H groups in total. The summed E-state index contributed by atoms with van der Waals surface area (Å²) in [5.74, 6) is -0.504. The first-order valence-electron chi connectivity index (χ1n) is 7.93. The van der Waals surface area contributed by atoms with Gasteiger partial charge in [0.25, 0.3) is 5.91 Å². The lowest BCUT2D eigenvalue weighted by atomic mass is 10.0. The van der Waals surface area contributed by atoms with Crippen LogP contribution < -0.4 is 5.32 Å². The second-order valence-corrected chi connectivity index (χ2v) is 5.33. The molecule has 0 aliphatic rings. The van der Waals surface area contributed by atoms with Crippen molar-refractivity contribution < 1.29 is 19.1 Å². The molecule has 1 aromatic carbocycles. The molecule has 128 valence electrons. The number of amides is 2. The number of likely N-dealkylation sites (N-methyl/N-ethyl adjacent to an activating group) is 1. The highest BCUT2D eigenvalue weighted by Gasteiger charge is 2.26. The van der Waals surface area contributed by atoms with Crippen molar-refractivity contribution in [2.24, 2.45) is 0 Å². The summed E-state index contributed by atoms with van der Waals surface area (Å²) in [4.78, 5) is 26.5. The number of nitrogens with one attached hydrogen (secondary N) is 1. The Labute approximate surface area is 141 Å². The Morgan fingerprint density at radius 3 is 2.54 bits per heavy atom. The van der Waals surface area contributed by atoms with E-state index >= 15 is 0 Å². The largest absolute Gasteiger partial charge is 0.459 e. The fourth-order valence-electron chi connectivity index (χ4n) is 2.45. The van der Waals surface area contributed by atoms with E-state index < -0.39 is 11.9 Å². The van der Waals surface area contributed by atoms with Gasteiger partial charge in [-0.1, -0.05) is 30.3 Å². The van der Waals surface area contributed by atoms with Crippen molar-refractivity contribution in [3.63, 3.8) is 0 Å². The van der Waals surface area contributed by atoms with E-state index in [2.05, 4.69) is 5.32 Å². The molecule has 6 heteroatoms. The van der Waals surface area contributed by atoms with Crippen LogP contribution in [-0.4, -0.2) is 47.6 Å². The number of carbonyl (C=O) groups is 2. The zero-order valence-electron chi connectivity index (χ0n) is 13.6. The Morgan fingerprint density at radius 2 is 1.96 bits per heavy atom. The van der Waals surface area contributed by atoms with Crippen molar-refractivity contribution in [3.05, 3.63) is 60.1 Å². The number of hydrogen-bond donors (Lipinski definition) is 2. The fraction of sp³-hybridized carbons (Fsp3) is 0.333. The minimum absolute atomic E-state index is 0.121. The molecule has 0 saturated heterocycles. The molecule has 24 heavy (non-hydrogen) atoms. The number of furan rings is 1. The first-order valence-corrected chi connectivity index (χ1v) is 7.93. The van der Waals surface area contributed by atoms with Crippen molar-refractivity contribution >= 4 is 11.8 Å². The van der Waals surface area contributed by atoms with Crippen LogP contribution in [0.4, 0.5) is 0 Å².